The van der Waals surface area contributed by atoms with E-state index in [1.165, 1.54) is 18.2 Å². The number of nitrogens with one attached hydrogen (secondary N) is 1. The van der Waals surface area contributed by atoms with Crippen LogP contribution in [0.2, 0.25) is 0 Å². The minimum absolute atomic E-state index is 0.0295. The van der Waals surface area contributed by atoms with Crippen LogP contribution < -0.4 is 5.32 Å². The van der Waals surface area contributed by atoms with Gasteiger partial charge in [0.2, 0.25) is 5.91 Å². The maximum Gasteiger partial charge on any atom is 0.416 e. The summed E-state index contributed by atoms with van der Waals surface area (Å²) in [5, 5.41) is 3.38. The summed E-state index contributed by atoms with van der Waals surface area (Å²) < 4.78 is 41.0. The summed E-state index contributed by atoms with van der Waals surface area (Å²) in [7, 11) is 2.02. The first-order chi connectivity index (χ1) is 21.0. The van der Waals surface area contributed by atoms with Crippen molar-refractivity contribution in [2.45, 2.75) is 52.0 Å². The number of alkyl halides is 3. The number of anilines is 2. The largest absolute Gasteiger partial charge is 0.416 e. The molecule has 5 rings (SSSR count). The number of likely N-dealkylation sites (tertiary alicyclic amines) is 1. The topological polar surface area (TPSA) is 66.3 Å². The Bertz CT molecular complexity index is 1590. The third-order valence-electron chi connectivity index (χ3n) is 8.13. The fraction of sp³-hybridized carbons (Fsp3) is 0.324. The number of imidazole rings is 1. The second-order valence-electron chi connectivity index (χ2n) is 11.3. The fourth-order valence-electron chi connectivity index (χ4n) is 5.43. The van der Waals surface area contributed by atoms with Gasteiger partial charge in [-0.25, -0.2) is 4.98 Å². The van der Waals surface area contributed by atoms with Crippen molar-refractivity contribution in [3.05, 3.63) is 113 Å². The van der Waals surface area contributed by atoms with Gasteiger partial charge in [0.1, 0.15) is 5.82 Å². The molecule has 10 heteroatoms. The number of amides is 1. The van der Waals surface area contributed by atoms with Crippen LogP contribution in [-0.4, -0.2) is 49.4 Å². The molecule has 0 bridgehead atoms. The molecular formula is C34H37F3N6O. The molecule has 1 saturated heterocycles. The van der Waals surface area contributed by atoms with Gasteiger partial charge in [-0.2, -0.15) is 13.2 Å². The van der Waals surface area contributed by atoms with Crippen LogP contribution in [0.1, 0.15) is 46.7 Å². The van der Waals surface area contributed by atoms with Gasteiger partial charge in [-0.3, -0.25) is 14.7 Å². The van der Waals surface area contributed by atoms with Crippen molar-refractivity contribution in [3.63, 3.8) is 0 Å². The van der Waals surface area contributed by atoms with Crippen molar-refractivity contribution < 1.29 is 18.0 Å². The van der Waals surface area contributed by atoms with E-state index in [2.05, 4.69) is 24.8 Å². The van der Waals surface area contributed by atoms with Crippen LogP contribution in [0.25, 0.3) is 6.08 Å². The molecule has 3 heterocycles. The van der Waals surface area contributed by atoms with Gasteiger partial charge in [0.15, 0.2) is 0 Å². The number of halogens is 3. The molecule has 2 aromatic heterocycles. The quantitative estimate of drug-likeness (QED) is 0.211. The normalized spacial score (nSPS) is 14.7. The summed E-state index contributed by atoms with van der Waals surface area (Å²) in [6, 6.07) is 16.7. The summed E-state index contributed by atoms with van der Waals surface area (Å²) in [6.45, 7) is 6.84. The molecule has 1 amide bonds. The van der Waals surface area contributed by atoms with Gasteiger partial charge in [-0.1, -0.05) is 24.3 Å². The van der Waals surface area contributed by atoms with E-state index in [-0.39, 0.29) is 11.9 Å². The molecule has 4 aromatic rings. The number of benzene rings is 2. The summed E-state index contributed by atoms with van der Waals surface area (Å²) in [5.41, 5.74) is 4.77. The van der Waals surface area contributed by atoms with Gasteiger partial charge in [0, 0.05) is 74.8 Å². The molecule has 1 fully saturated rings. The van der Waals surface area contributed by atoms with E-state index in [1.54, 1.807) is 12.3 Å². The Morgan fingerprint density at radius 3 is 2.32 bits per heavy atom. The van der Waals surface area contributed by atoms with Gasteiger partial charge in [0.05, 0.1) is 11.3 Å². The fourth-order valence-corrected chi connectivity index (χ4v) is 5.43. The number of rotatable bonds is 9. The lowest BCUT2D eigenvalue weighted by molar-refractivity contribution is -0.137. The zero-order chi connectivity index (χ0) is 31.3. The van der Waals surface area contributed by atoms with Crippen molar-refractivity contribution >= 4 is 23.4 Å². The third-order valence-corrected chi connectivity index (χ3v) is 8.13. The van der Waals surface area contributed by atoms with Crippen LogP contribution in [0, 0.1) is 13.8 Å². The monoisotopic (exact) mass is 602 g/mol. The van der Waals surface area contributed by atoms with Gasteiger partial charge in [-0.05, 0) is 80.3 Å². The van der Waals surface area contributed by atoms with Gasteiger partial charge in [0.25, 0.3) is 0 Å². The molecular weight excluding hydrogens is 565 g/mol. The van der Waals surface area contributed by atoms with Crippen molar-refractivity contribution in [1.29, 1.82) is 0 Å². The third kappa shape index (κ3) is 7.93. The highest BCUT2D eigenvalue weighted by atomic mass is 19.4. The molecule has 7 nitrogen and oxygen atoms in total. The van der Waals surface area contributed by atoms with Gasteiger partial charge < -0.3 is 14.8 Å². The number of nitrogens with zero attached hydrogens (tertiary/aromatic N) is 5. The first-order valence-corrected chi connectivity index (χ1v) is 14.7. The van der Waals surface area contributed by atoms with Gasteiger partial charge in [-0.15, -0.1) is 0 Å². The summed E-state index contributed by atoms with van der Waals surface area (Å²) in [5.74, 6) is 0.809. The highest BCUT2D eigenvalue weighted by Gasteiger charge is 2.30. The lowest BCUT2D eigenvalue weighted by atomic mass is 10.0. The SMILES string of the molecule is Cc1cc(Nc2ccc(CN(C(=O)/C=C/c3ccc(C(F)(F)F)cc3)C3CCN(Cc4cnc(C)n4C)CC3)cc2)ccn1. The predicted molar refractivity (Wildman–Crippen MR) is 166 cm³/mol. The Morgan fingerprint density at radius 2 is 1.70 bits per heavy atom. The van der Waals surface area contributed by atoms with Crippen molar-refractivity contribution in [1.82, 2.24) is 24.3 Å². The molecule has 44 heavy (non-hydrogen) atoms. The molecule has 1 aliphatic rings. The minimum Gasteiger partial charge on any atom is -0.355 e. The van der Waals surface area contributed by atoms with E-state index in [4.69, 9.17) is 0 Å². The van der Waals surface area contributed by atoms with E-state index in [9.17, 15) is 18.0 Å². The zero-order valence-corrected chi connectivity index (χ0v) is 25.2. The van der Waals surface area contributed by atoms with Crippen LogP contribution in [0.3, 0.4) is 0 Å². The van der Waals surface area contributed by atoms with E-state index in [0.717, 1.165) is 78.8 Å². The zero-order valence-electron chi connectivity index (χ0n) is 25.2. The van der Waals surface area contributed by atoms with E-state index in [0.29, 0.717) is 12.1 Å². The van der Waals surface area contributed by atoms with Crippen LogP contribution in [-0.2, 0) is 31.1 Å². The standard InChI is InChI=1S/C34H37F3N6O/c1-24-20-30(14-17-38-24)40-29-11-6-27(7-12-29)22-43(33(44)13-8-26-4-9-28(10-5-26)34(35,36)37)31-15-18-42(19-16-31)23-32-21-39-25(2)41(32)3/h4-14,17,20-21,31H,15-16,18-19,22-23H2,1-3H3,(H,38,40)/b13-8+. The summed E-state index contributed by atoms with van der Waals surface area (Å²) in [6.07, 6.45) is 3.96. The number of carbonyl (C=O) groups excluding carboxylic acids is 1. The van der Waals surface area contributed by atoms with E-state index >= 15 is 0 Å². The Balaban J connectivity index is 1.29. The number of hydrogen-bond donors (Lipinski definition) is 1. The molecule has 0 saturated carbocycles. The molecule has 0 radical (unpaired) electrons. The first kappa shape index (κ1) is 31.0. The van der Waals surface area contributed by atoms with Crippen LogP contribution in [0.4, 0.5) is 24.5 Å². The van der Waals surface area contributed by atoms with Crippen LogP contribution in [0.5, 0.6) is 0 Å². The highest BCUT2D eigenvalue weighted by molar-refractivity contribution is 5.92. The van der Waals surface area contributed by atoms with Gasteiger partial charge >= 0.3 is 6.18 Å². The molecule has 1 aliphatic heterocycles. The van der Waals surface area contributed by atoms with Crippen molar-refractivity contribution in [3.8, 4) is 0 Å². The summed E-state index contributed by atoms with van der Waals surface area (Å²) >= 11 is 0. The number of pyridine rings is 1. The smallest absolute Gasteiger partial charge is 0.355 e. The Morgan fingerprint density at radius 1 is 1.00 bits per heavy atom. The first-order valence-electron chi connectivity index (χ1n) is 14.7. The number of piperidine rings is 1. The Labute approximate surface area is 256 Å². The number of hydrogen-bond acceptors (Lipinski definition) is 5. The molecule has 230 valence electrons. The molecule has 0 spiro atoms. The average Bonchev–Trinajstić information content (AvgIpc) is 3.32. The second kappa shape index (κ2) is 13.5. The van der Waals surface area contributed by atoms with Crippen LogP contribution >= 0.6 is 0 Å². The lowest BCUT2D eigenvalue weighted by Gasteiger charge is -2.38. The molecule has 2 aromatic carbocycles. The number of aryl methyl sites for hydroxylation is 2. The molecule has 0 unspecified atom stereocenters. The lowest BCUT2D eigenvalue weighted by Crippen LogP contribution is -2.46. The maximum absolute atomic E-state index is 13.6. The van der Waals surface area contributed by atoms with Crippen LogP contribution in [0.15, 0.2) is 79.1 Å². The average molecular weight is 603 g/mol. The number of carbonyl (C=O) groups is 1. The van der Waals surface area contributed by atoms with E-state index in [1.807, 2.05) is 68.4 Å². The maximum atomic E-state index is 13.6. The highest BCUT2D eigenvalue weighted by Crippen LogP contribution is 2.29. The number of aromatic nitrogens is 3. The summed E-state index contributed by atoms with van der Waals surface area (Å²) in [4.78, 5) is 26.5. The Hall–Kier alpha value is -4.44. The molecule has 0 aliphatic carbocycles. The van der Waals surface area contributed by atoms with E-state index < -0.39 is 11.7 Å². The Kier molecular flexibility index (Phi) is 9.49. The predicted octanol–water partition coefficient (Wildman–Crippen LogP) is 6.90. The molecule has 0 atom stereocenters. The molecule has 1 N–H and O–H groups in total. The van der Waals surface area contributed by atoms with Crippen molar-refractivity contribution in [2.75, 3.05) is 18.4 Å². The van der Waals surface area contributed by atoms with Crippen molar-refractivity contribution in [2.24, 2.45) is 7.05 Å². The second-order valence-corrected chi connectivity index (χ2v) is 11.3. The minimum atomic E-state index is -4.40.